The van der Waals surface area contributed by atoms with Crippen molar-refractivity contribution in [1.82, 2.24) is 0 Å². The standard InChI is InChI=1S/C42H54N2O2S4/c1-39(2,3)23-15-27-35(43)28(16-23)48-32-20-26(42(10,11)12)22-34(38(32)46-14)50-30-18-24(40(4,5)6)17-29(36(30)44)49-33-21-25(41(7,8)9)19-31(47-27)37(33)45-13/h15-22H,43-44H2,1-14H3. The number of hydrogen-bond acceptors (Lipinski definition) is 8. The lowest BCUT2D eigenvalue weighted by Gasteiger charge is -2.27. The average molecular weight is 747 g/mol. The second-order valence-corrected chi connectivity index (χ2v) is 21.5. The lowest BCUT2D eigenvalue weighted by Crippen LogP contribution is -2.13. The molecular formula is C42H54N2O2S4. The van der Waals surface area contributed by atoms with Crippen molar-refractivity contribution < 1.29 is 9.47 Å². The van der Waals surface area contributed by atoms with Crippen molar-refractivity contribution in [3.05, 3.63) is 70.8 Å². The summed E-state index contributed by atoms with van der Waals surface area (Å²) in [4.78, 5) is 8.12. The number of fused-ring (bicyclic) bond motifs is 8. The molecule has 0 atom stereocenters. The van der Waals surface area contributed by atoms with Crippen LogP contribution in [-0.4, -0.2) is 14.2 Å². The first-order chi connectivity index (χ1) is 23.0. The van der Waals surface area contributed by atoms with Gasteiger partial charge in [-0.1, -0.05) is 130 Å². The number of hydrogen-bond donors (Lipinski definition) is 2. The number of methoxy groups -OCH3 is 2. The molecule has 0 amide bonds. The molecule has 0 spiro atoms. The van der Waals surface area contributed by atoms with Gasteiger partial charge in [0.2, 0.25) is 0 Å². The van der Waals surface area contributed by atoms with Crippen molar-refractivity contribution in [2.45, 2.75) is 144 Å². The summed E-state index contributed by atoms with van der Waals surface area (Å²) in [6.07, 6.45) is 0. The van der Waals surface area contributed by atoms with Crippen LogP contribution in [0.2, 0.25) is 0 Å². The van der Waals surface area contributed by atoms with Crippen LogP contribution in [0.5, 0.6) is 11.5 Å². The average Bonchev–Trinajstić information content (AvgIpc) is 2.98. The molecule has 8 heteroatoms. The molecule has 50 heavy (non-hydrogen) atoms. The second-order valence-electron chi connectivity index (χ2n) is 17.2. The van der Waals surface area contributed by atoms with Gasteiger partial charge < -0.3 is 20.9 Å². The van der Waals surface area contributed by atoms with Crippen molar-refractivity contribution >= 4 is 58.4 Å². The molecule has 4 aromatic carbocycles. The Morgan fingerprint density at radius 2 is 0.540 bits per heavy atom. The second kappa shape index (κ2) is 13.8. The molecule has 0 radical (unpaired) electrons. The van der Waals surface area contributed by atoms with Crippen LogP contribution in [0.25, 0.3) is 0 Å². The van der Waals surface area contributed by atoms with Gasteiger partial charge in [0.1, 0.15) is 11.5 Å². The smallest absolute Gasteiger partial charge is 0.146 e. The largest absolute Gasteiger partial charge is 0.494 e. The molecule has 4 N–H and O–H groups in total. The Labute approximate surface area is 318 Å². The zero-order valence-corrected chi connectivity index (χ0v) is 35.5. The predicted molar refractivity (Wildman–Crippen MR) is 219 cm³/mol. The van der Waals surface area contributed by atoms with Gasteiger partial charge >= 0.3 is 0 Å². The minimum Gasteiger partial charge on any atom is -0.494 e. The SMILES string of the molecule is COc1c2cc(C(C)(C)C)cc1Sc1cc(C(C)(C)C)cc(c1N)Sc1cc(C(C)(C)C)cc(c1OC)Sc1cc(C(C)(C)C)cc(c1N)S2. The Morgan fingerprint density at radius 1 is 0.360 bits per heavy atom. The van der Waals surface area contributed by atoms with Gasteiger partial charge in [0.05, 0.1) is 45.2 Å². The first kappa shape index (κ1) is 38.7. The predicted octanol–water partition coefficient (Wildman–Crippen LogP) is 13.0. The van der Waals surface area contributed by atoms with Gasteiger partial charge in [0.15, 0.2) is 0 Å². The van der Waals surface area contributed by atoms with E-state index in [0.29, 0.717) is 0 Å². The van der Waals surface area contributed by atoms with E-state index in [9.17, 15) is 0 Å². The fourth-order valence-electron chi connectivity index (χ4n) is 5.60. The first-order valence-corrected chi connectivity index (χ1v) is 20.3. The summed E-state index contributed by atoms with van der Waals surface area (Å²) in [7, 11) is 3.52. The van der Waals surface area contributed by atoms with Crippen molar-refractivity contribution in [3.63, 3.8) is 0 Å². The molecule has 0 saturated heterocycles. The van der Waals surface area contributed by atoms with E-state index in [2.05, 4.69) is 132 Å². The van der Waals surface area contributed by atoms with Gasteiger partial charge in [-0.2, -0.15) is 0 Å². The Morgan fingerprint density at radius 3 is 0.700 bits per heavy atom. The van der Waals surface area contributed by atoms with Crippen LogP contribution < -0.4 is 20.9 Å². The summed E-state index contributed by atoms with van der Waals surface area (Å²) in [5.74, 6) is 1.65. The highest BCUT2D eigenvalue weighted by atomic mass is 32.2. The third-order valence-electron chi connectivity index (χ3n) is 9.00. The molecule has 0 aromatic heterocycles. The summed E-state index contributed by atoms with van der Waals surface area (Å²) in [5.41, 5.74) is 20.3. The Hall–Kier alpha value is -2.52. The van der Waals surface area contributed by atoms with Crippen LogP contribution in [0.1, 0.15) is 105 Å². The number of benzene rings is 4. The highest BCUT2D eigenvalue weighted by Gasteiger charge is 2.28. The van der Waals surface area contributed by atoms with Gasteiger partial charge in [-0.05, 0) is 92.4 Å². The molecule has 0 fully saturated rings. The zero-order valence-electron chi connectivity index (χ0n) is 32.2. The van der Waals surface area contributed by atoms with Crippen molar-refractivity contribution in [2.75, 3.05) is 25.7 Å². The van der Waals surface area contributed by atoms with E-state index in [1.165, 1.54) is 22.3 Å². The molecule has 0 unspecified atom stereocenters. The Balaban J connectivity index is 1.93. The third kappa shape index (κ3) is 8.09. The maximum Gasteiger partial charge on any atom is 0.146 e. The topological polar surface area (TPSA) is 70.5 Å². The minimum atomic E-state index is -0.0963. The van der Waals surface area contributed by atoms with Crippen LogP contribution in [0, 0.1) is 0 Å². The monoisotopic (exact) mass is 746 g/mol. The van der Waals surface area contributed by atoms with E-state index in [1.807, 2.05) is 0 Å². The molecular weight excluding hydrogens is 693 g/mol. The van der Waals surface area contributed by atoms with Crippen molar-refractivity contribution in [3.8, 4) is 11.5 Å². The van der Waals surface area contributed by atoms with E-state index in [0.717, 1.165) is 62.0 Å². The third-order valence-corrected chi connectivity index (χ3v) is 13.3. The molecule has 1 heterocycles. The van der Waals surface area contributed by atoms with Crippen LogP contribution in [0.4, 0.5) is 11.4 Å². The van der Waals surface area contributed by atoms with Crippen LogP contribution in [-0.2, 0) is 21.7 Å². The normalized spacial score (nSPS) is 14.0. The highest BCUT2D eigenvalue weighted by Crippen LogP contribution is 2.54. The molecule has 5 rings (SSSR count). The molecule has 4 nitrogen and oxygen atoms in total. The number of nitrogens with two attached hydrogens (primary N) is 2. The van der Waals surface area contributed by atoms with Gasteiger partial charge in [0, 0.05) is 19.6 Å². The summed E-state index contributed by atoms with van der Waals surface area (Å²) in [6, 6.07) is 18.1. The van der Waals surface area contributed by atoms with Gasteiger partial charge in [-0.25, -0.2) is 0 Å². The van der Waals surface area contributed by atoms with E-state index in [1.54, 1.807) is 61.3 Å². The van der Waals surface area contributed by atoms with Gasteiger partial charge in [-0.3, -0.25) is 0 Å². The maximum atomic E-state index is 7.17. The quantitative estimate of drug-likeness (QED) is 0.173. The molecule has 1 aliphatic rings. The van der Waals surface area contributed by atoms with E-state index in [4.69, 9.17) is 20.9 Å². The van der Waals surface area contributed by atoms with E-state index < -0.39 is 0 Å². The number of ether oxygens (including phenoxy) is 2. The molecule has 1 aliphatic heterocycles. The van der Waals surface area contributed by atoms with Gasteiger partial charge in [-0.15, -0.1) is 0 Å². The lowest BCUT2D eigenvalue weighted by molar-refractivity contribution is 0.393. The summed E-state index contributed by atoms with van der Waals surface area (Å²) in [6.45, 7) is 27.0. The van der Waals surface area contributed by atoms with Crippen molar-refractivity contribution in [1.29, 1.82) is 0 Å². The molecule has 8 bridgehead atoms. The fourth-order valence-corrected chi connectivity index (χ4v) is 10.3. The molecule has 0 saturated carbocycles. The van der Waals surface area contributed by atoms with Crippen molar-refractivity contribution in [2.24, 2.45) is 0 Å². The van der Waals surface area contributed by atoms with E-state index >= 15 is 0 Å². The number of nitrogen functional groups attached to an aromatic ring is 2. The molecule has 0 aliphatic carbocycles. The number of anilines is 2. The molecule has 268 valence electrons. The van der Waals surface area contributed by atoms with E-state index in [-0.39, 0.29) is 21.7 Å². The lowest BCUT2D eigenvalue weighted by atomic mass is 9.87. The summed E-state index contributed by atoms with van der Waals surface area (Å²) in [5, 5.41) is 0. The van der Waals surface area contributed by atoms with Crippen LogP contribution >= 0.6 is 47.0 Å². The first-order valence-electron chi connectivity index (χ1n) is 17.1. The van der Waals surface area contributed by atoms with Gasteiger partial charge in [0.25, 0.3) is 0 Å². The minimum absolute atomic E-state index is 0.0958. The Kier molecular flexibility index (Phi) is 10.7. The van der Waals surface area contributed by atoms with Crippen LogP contribution in [0.15, 0.2) is 87.7 Å². The summed E-state index contributed by atoms with van der Waals surface area (Å²) >= 11 is 6.70. The fraction of sp³-hybridized carbons (Fsp3) is 0.429. The zero-order chi connectivity index (χ0) is 37.1. The summed E-state index contributed by atoms with van der Waals surface area (Å²) < 4.78 is 12.5. The highest BCUT2D eigenvalue weighted by molar-refractivity contribution is 8.01. The maximum absolute atomic E-state index is 7.17. The van der Waals surface area contributed by atoms with Crippen LogP contribution in [0.3, 0.4) is 0 Å². The Bertz CT molecular complexity index is 1700. The number of rotatable bonds is 2. The molecule has 4 aromatic rings.